The van der Waals surface area contributed by atoms with Crippen molar-refractivity contribution in [2.45, 2.75) is 16.9 Å². The molecule has 8 heteroatoms. The molecule has 3 heterocycles. The first-order chi connectivity index (χ1) is 13.3. The van der Waals surface area contributed by atoms with E-state index in [4.69, 9.17) is 4.74 Å². The van der Waals surface area contributed by atoms with Gasteiger partial charge < -0.3 is 4.74 Å². The fraction of sp³-hybridized carbons (Fsp3) is 0.105. The zero-order valence-corrected chi connectivity index (χ0v) is 15.4. The molecule has 0 aliphatic heterocycles. The van der Waals surface area contributed by atoms with E-state index in [1.165, 1.54) is 11.8 Å². The number of nitrogens with zero attached hydrogens (tertiary/aromatic N) is 6. The molecule has 1 aromatic carbocycles. The summed E-state index contributed by atoms with van der Waals surface area (Å²) < 4.78 is 7.22. The summed E-state index contributed by atoms with van der Waals surface area (Å²) in [4.78, 5) is 12.8. The largest absolute Gasteiger partial charge is 0.481 e. The Kier molecular flexibility index (Phi) is 5.06. The first-order valence-corrected chi connectivity index (χ1v) is 9.07. The van der Waals surface area contributed by atoms with Crippen LogP contribution in [0, 0.1) is 0 Å². The Labute approximate surface area is 160 Å². The molecular formula is C19H16N6OS. The summed E-state index contributed by atoms with van der Waals surface area (Å²) in [5.41, 5.74) is 2.05. The van der Waals surface area contributed by atoms with E-state index in [1.807, 2.05) is 34.9 Å². The summed E-state index contributed by atoms with van der Waals surface area (Å²) in [6.45, 7) is 0.629. The molecule has 0 atom stereocenters. The van der Waals surface area contributed by atoms with Gasteiger partial charge in [0.1, 0.15) is 0 Å². The van der Waals surface area contributed by atoms with Crippen LogP contribution < -0.4 is 4.74 Å². The summed E-state index contributed by atoms with van der Waals surface area (Å²) in [5.74, 6) is 1.26. The van der Waals surface area contributed by atoms with Crippen molar-refractivity contribution in [3.63, 3.8) is 0 Å². The molecule has 0 amide bonds. The normalized spacial score (nSPS) is 10.7. The molecule has 0 aliphatic rings. The van der Waals surface area contributed by atoms with Gasteiger partial charge in [0, 0.05) is 30.2 Å². The highest BCUT2D eigenvalue weighted by Gasteiger charge is 2.17. The fourth-order valence-corrected chi connectivity index (χ4v) is 3.31. The number of methoxy groups -OCH3 is 1. The van der Waals surface area contributed by atoms with Crippen molar-refractivity contribution in [3.8, 4) is 17.3 Å². The Hall–Kier alpha value is -3.26. The van der Waals surface area contributed by atoms with Crippen molar-refractivity contribution in [3.05, 3.63) is 72.7 Å². The first-order valence-electron chi connectivity index (χ1n) is 8.26. The molecule has 0 N–H and O–H groups in total. The van der Waals surface area contributed by atoms with E-state index in [2.05, 4.69) is 37.3 Å². The Balaban J connectivity index is 1.73. The monoisotopic (exact) mass is 376 g/mol. The van der Waals surface area contributed by atoms with Crippen LogP contribution in [0.25, 0.3) is 11.4 Å². The average Bonchev–Trinajstić information content (AvgIpc) is 3.11. The maximum absolute atomic E-state index is 5.18. The lowest BCUT2D eigenvalue weighted by atomic mass is 10.2. The highest BCUT2D eigenvalue weighted by molar-refractivity contribution is 7.99. The molecule has 4 rings (SSSR count). The Morgan fingerprint density at radius 1 is 1.00 bits per heavy atom. The number of rotatable bonds is 6. The van der Waals surface area contributed by atoms with E-state index >= 15 is 0 Å². The molecule has 0 spiro atoms. The number of hydrogen-bond donors (Lipinski definition) is 0. The molecular weight excluding hydrogens is 360 g/mol. The predicted molar refractivity (Wildman–Crippen MR) is 102 cm³/mol. The minimum Gasteiger partial charge on any atom is -0.481 e. The molecule has 0 bridgehead atoms. The van der Waals surface area contributed by atoms with Crippen LogP contribution in [0.1, 0.15) is 5.56 Å². The van der Waals surface area contributed by atoms with Gasteiger partial charge in [-0.25, -0.2) is 4.98 Å². The van der Waals surface area contributed by atoms with Crippen LogP contribution in [0.3, 0.4) is 0 Å². The SMILES string of the molecule is COc1ccnc(Sc2nnc(-c3cccnc3)n2Cc2ccccc2)n1. The van der Waals surface area contributed by atoms with Gasteiger partial charge in [-0.1, -0.05) is 30.3 Å². The van der Waals surface area contributed by atoms with Crippen LogP contribution in [-0.4, -0.2) is 36.8 Å². The van der Waals surface area contributed by atoms with Gasteiger partial charge in [0.2, 0.25) is 5.88 Å². The van der Waals surface area contributed by atoms with Crippen molar-refractivity contribution >= 4 is 11.8 Å². The van der Waals surface area contributed by atoms with Gasteiger partial charge in [0.05, 0.1) is 13.7 Å². The topological polar surface area (TPSA) is 78.6 Å². The zero-order chi connectivity index (χ0) is 18.5. The molecule has 0 saturated carbocycles. The molecule has 4 aromatic rings. The third-order valence-corrected chi connectivity index (χ3v) is 4.68. The van der Waals surface area contributed by atoms with E-state index in [0.717, 1.165) is 17.0 Å². The van der Waals surface area contributed by atoms with Crippen molar-refractivity contribution in [1.82, 2.24) is 29.7 Å². The minimum atomic E-state index is 0.508. The van der Waals surface area contributed by atoms with Crippen molar-refractivity contribution in [1.29, 1.82) is 0 Å². The molecule has 27 heavy (non-hydrogen) atoms. The van der Waals surface area contributed by atoms with Crippen LogP contribution in [0.15, 0.2) is 77.4 Å². The maximum Gasteiger partial charge on any atom is 0.217 e. The van der Waals surface area contributed by atoms with Crippen LogP contribution in [0.5, 0.6) is 5.88 Å². The molecule has 0 aliphatic carbocycles. The lowest BCUT2D eigenvalue weighted by Gasteiger charge is -2.10. The van der Waals surface area contributed by atoms with E-state index in [0.29, 0.717) is 22.7 Å². The van der Waals surface area contributed by atoms with Crippen LogP contribution in [-0.2, 0) is 6.54 Å². The smallest absolute Gasteiger partial charge is 0.217 e. The third-order valence-electron chi connectivity index (χ3n) is 3.82. The van der Waals surface area contributed by atoms with Gasteiger partial charge in [0.15, 0.2) is 16.1 Å². The van der Waals surface area contributed by atoms with E-state index < -0.39 is 0 Å². The number of pyridine rings is 1. The van der Waals surface area contributed by atoms with E-state index in [-0.39, 0.29) is 0 Å². The van der Waals surface area contributed by atoms with Crippen molar-refractivity contribution < 1.29 is 4.74 Å². The lowest BCUT2D eigenvalue weighted by Crippen LogP contribution is -2.04. The molecule has 0 radical (unpaired) electrons. The second kappa shape index (κ2) is 7.96. The summed E-state index contributed by atoms with van der Waals surface area (Å²) in [6.07, 6.45) is 5.18. The van der Waals surface area contributed by atoms with Gasteiger partial charge in [-0.05, 0) is 29.5 Å². The highest BCUT2D eigenvalue weighted by atomic mass is 32.2. The number of hydrogen-bond acceptors (Lipinski definition) is 7. The molecule has 0 fully saturated rings. The van der Waals surface area contributed by atoms with Crippen molar-refractivity contribution in [2.24, 2.45) is 0 Å². The molecule has 3 aromatic heterocycles. The first kappa shape index (κ1) is 17.2. The molecule has 7 nitrogen and oxygen atoms in total. The molecule has 0 saturated heterocycles. The van der Waals surface area contributed by atoms with Gasteiger partial charge >= 0.3 is 0 Å². The quantitative estimate of drug-likeness (QED) is 0.478. The highest BCUT2D eigenvalue weighted by Crippen LogP contribution is 2.28. The summed E-state index contributed by atoms with van der Waals surface area (Å²) in [7, 11) is 1.58. The van der Waals surface area contributed by atoms with Gasteiger partial charge in [0.25, 0.3) is 0 Å². The van der Waals surface area contributed by atoms with Crippen LogP contribution in [0.4, 0.5) is 0 Å². The number of ether oxygens (including phenoxy) is 1. The lowest BCUT2D eigenvalue weighted by molar-refractivity contribution is 0.392. The van der Waals surface area contributed by atoms with Crippen LogP contribution >= 0.6 is 11.8 Å². The summed E-state index contributed by atoms with van der Waals surface area (Å²) in [6, 6.07) is 15.7. The Morgan fingerprint density at radius 2 is 1.89 bits per heavy atom. The number of benzene rings is 1. The third kappa shape index (κ3) is 3.95. The van der Waals surface area contributed by atoms with E-state index in [9.17, 15) is 0 Å². The fourth-order valence-electron chi connectivity index (χ4n) is 2.55. The average molecular weight is 376 g/mol. The Morgan fingerprint density at radius 3 is 2.67 bits per heavy atom. The standard InChI is InChI=1S/C19H16N6OS/c1-26-16-9-11-21-18(22-16)27-19-24-23-17(15-8-5-10-20-12-15)25(19)13-14-6-3-2-4-7-14/h2-12H,13H2,1H3. The molecule has 134 valence electrons. The van der Waals surface area contributed by atoms with Gasteiger partial charge in [-0.2, -0.15) is 4.98 Å². The second-order valence-electron chi connectivity index (χ2n) is 5.60. The van der Waals surface area contributed by atoms with Gasteiger partial charge in [-0.3, -0.25) is 9.55 Å². The Bertz CT molecular complexity index is 1020. The van der Waals surface area contributed by atoms with Gasteiger partial charge in [-0.15, -0.1) is 10.2 Å². The predicted octanol–water partition coefficient (Wildman–Crippen LogP) is 3.34. The number of aromatic nitrogens is 6. The van der Waals surface area contributed by atoms with Crippen LogP contribution in [0.2, 0.25) is 0 Å². The molecule has 0 unspecified atom stereocenters. The summed E-state index contributed by atoms with van der Waals surface area (Å²) in [5, 5.41) is 10.0. The van der Waals surface area contributed by atoms with E-state index in [1.54, 1.807) is 31.8 Å². The zero-order valence-electron chi connectivity index (χ0n) is 14.6. The second-order valence-corrected chi connectivity index (χ2v) is 6.54. The maximum atomic E-state index is 5.18. The van der Waals surface area contributed by atoms with Crippen molar-refractivity contribution in [2.75, 3.05) is 7.11 Å². The minimum absolute atomic E-state index is 0.508. The summed E-state index contributed by atoms with van der Waals surface area (Å²) >= 11 is 1.35.